The summed E-state index contributed by atoms with van der Waals surface area (Å²) in [4.78, 5) is 18.5. The third kappa shape index (κ3) is 3.36. The van der Waals surface area contributed by atoms with Crippen molar-refractivity contribution in [2.75, 3.05) is 0 Å². The first kappa shape index (κ1) is 19.9. The standard InChI is InChI=1S/C28H18BrNO3/c1-16-6-11-26-21(12-16)27-22(14-32-26)20(13-24(30-27)17-7-9-18(29)10-8-17)23-15-33-25-5-3-2-4-19(25)28(23)31/h2-13,15H,14H2,1H3. The van der Waals surface area contributed by atoms with Crippen LogP contribution in [0.4, 0.5) is 0 Å². The molecular weight excluding hydrogens is 478 g/mol. The minimum atomic E-state index is -0.0676. The lowest BCUT2D eigenvalue weighted by Crippen LogP contribution is -2.13. The number of benzene rings is 3. The van der Waals surface area contributed by atoms with Crippen molar-refractivity contribution >= 4 is 26.9 Å². The van der Waals surface area contributed by atoms with Crippen molar-refractivity contribution in [3.63, 3.8) is 0 Å². The summed E-state index contributed by atoms with van der Waals surface area (Å²) in [7, 11) is 0. The van der Waals surface area contributed by atoms with Gasteiger partial charge in [-0.25, -0.2) is 4.98 Å². The zero-order chi connectivity index (χ0) is 22.5. The number of pyridine rings is 1. The summed E-state index contributed by atoms with van der Waals surface area (Å²) < 4.78 is 12.9. The molecule has 0 N–H and O–H groups in total. The molecule has 0 bridgehead atoms. The second-order valence-corrected chi connectivity index (χ2v) is 9.07. The first-order chi connectivity index (χ1) is 16.1. The van der Waals surface area contributed by atoms with E-state index < -0.39 is 0 Å². The van der Waals surface area contributed by atoms with Crippen LogP contribution < -0.4 is 10.2 Å². The summed E-state index contributed by atoms with van der Waals surface area (Å²) in [6, 6.07) is 23.4. The number of nitrogens with zero attached hydrogens (tertiary/aromatic N) is 1. The van der Waals surface area contributed by atoms with E-state index in [4.69, 9.17) is 14.1 Å². The molecular formula is C28H18BrNO3. The lowest BCUT2D eigenvalue weighted by Gasteiger charge is -2.24. The molecule has 5 heteroatoms. The quantitative estimate of drug-likeness (QED) is 0.260. The Kier molecular flexibility index (Phi) is 4.66. The molecule has 0 radical (unpaired) electrons. The van der Waals surface area contributed by atoms with Crippen molar-refractivity contribution in [1.82, 2.24) is 4.98 Å². The van der Waals surface area contributed by atoms with Crippen LogP contribution in [0, 0.1) is 6.92 Å². The summed E-state index contributed by atoms with van der Waals surface area (Å²) in [5.41, 5.74) is 7.32. The van der Waals surface area contributed by atoms with Crippen molar-refractivity contribution in [3.05, 3.63) is 105 Å². The number of aryl methyl sites for hydroxylation is 1. The molecule has 5 aromatic rings. The minimum Gasteiger partial charge on any atom is -0.488 e. The zero-order valence-electron chi connectivity index (χ0n) is 17.8. The van der Waals surface area contributed by atoms with Crippen LogP contribution in [-0.4, -0.2) is 4.98 Å². The molecule has 0 atom stereocenters. The summed E-state index contributed by atoms with van der Waals surface area (Å²) in [5.74, 6) is 0.796. The van der Waals surface area contributed by atoms with Gasteiger partial charge in [0.1, 0.15) is 24.2 Å². The number of hydrogen-bond donors (Lipinski definition) is 0. The Morgan fingerprint density at radius 3 is 2.58 bits per heavy atom. The molecule has 0 unspecified atom stereocenters. The number of para-hydroxylation sites is 1. The highest BCUT2D eigenvalue weighted by atomic mass is 79.9. The monoisotopic (exact) mass is 495 g/mol. The number of hydrogen-bond acceptors (Lipinski definition) is 4. The summed E-state index contributed by atoms with van der Waals surface area (Å²) in [5, 5.41) is 0.554. The van der Waals surface area contributed by atoms with E-state index in [1.54, 1.807) is 18.4 Å². The van der Waals surface area contributed by atoms with Crippen LogP contribution in [0.2, 0.25) is 0 Å². The Bertz CT molecular complexity index is 1600. The van der Waals surface area contributed by atoms with E-state index in [9.17, 15) is 4.79 Å². The molecule has 0 amide bonds. The maximum Gasteiger partial charge on any atom is 0.200 e. The van der Waals surface area contributed by atoms with Crippen LogP contribution in [0.3, 0.4) is 0 Å². The van der Waals surface area contributed by atoms with E-state index in [0.717, 1.165) is 49.4 Å². The van der Waals surface area contributed by atoms with Gasteiger partial charge in [0, 0.05) is 21.2 Å². The van der Waals surface area contributed by atoms with Crippen LogP contribution >= 0.6 is 15.9 Å². The van der Waals surface area contributed by atoms with Gasteiger partial charge in [0.05, 0.1) is 22.3 Å². The van der Waals surface area contributed by atoms with Crippen LogP contribution in [-0.2, 0) is 6.61 Å². The van der Waals surface area contributed by atoms with Crippen molar-refractivity contribution < 1.29 is 9.15 Å². The first-order valence-corrected chi connectivity index (χ1v) is 11.4. The molecule has 0 aliphatic carbocycles. The van der Waals surface area contributed by atoms with E-state index >= 15 is 0 Å². The van der Waals surface area contributed by atoms with E-state index in [1.165, 1.54) is 0 Å². The fourth-order valence-corrected chi connectivity index (χ4v) is 4.58. The second kappa shape index (κ2) is 7.71. The van der Waals surface area contributed by atoms with Crippen LogP contribution in [0.1, 0.15) is 11.1 Å². The third-order valence-electron chi connectivity index (χ3n) is 6.00. The molecule has 4 nitrogen and oxygen atoms in total. The van der Waals surface area contributed by atoms with Crippen molar-refractivity contribution in [3.8, 4) is 39.4 Å². The summed E-state index contributed by atoms with van der Waals surface area (Å²) in [6.07, 6.45) is 1.55. The van der Waals surface area contributed by atoms with Gasteiger partial charge >= 0.3 is 0 Å². The Balaban J connectivity index is 1.67. The lowest BCUT2D eigenvalue weighted by molar-refractivity contribution is 0.302. The van der Waals surface area contributed by atoms with Crippen LogP contribution in [0.25, 0.3) is 44.6 Å². The SMILES string of the molecule is Cc1ccc2c(c1)-c1nc(-c3ccc(Br)cc3)cc(-c3coc4ccccc4c3=O)c1CO2. The number of halogens is 1. The van der Waals surface area contributed by atoms with Crippen molar-refractivity contribution in [2.45, 2.75) is 13.5 Å². The Morgan fingerprint density at radius 1 is 0.909 bits per heavy atom. The zero-order valence-corrected chi connectivity index (χ0v) is 19.3. The number of aromatic nitrogens is 1. The maximum absolute atomic E-state index is 13.5. The highest BCUT2D eigenvalue weighted by Crippen LogP contribution is 2.42. The highest BCUT2D eigenvalue weighted by molar-refractivity contribution is 9.10. The molecule has 3 aromatic carbocycles. The molecule has 0 fully saturated rings. The van der Waals surface area contributed by atoms with Gasteiger partial charge in [0.2, 0.25) is 5.43 Å². The van der Waals surface area contributed by atoms with Gasteiger partial charge in [-0.1, -0.05) is 51.8 Å². The van der Waals surface area contributed by atoms with E-state index in [1.807, 2.05) is 61.5 Å². The minimum absolute atomic E-state index is 0.0676. The van der Waals surface area contributed by atoms with Crippen molar-refractivity contribution in [1.29, 1.82) is 0 Å². The van der Waals surface area contributed by atoms with Gasteiger partial charge in [-0.2, -0.15) is 0 Å². The van der Waals surface area contributed by atoms with Crippen LogP contribution in [0.5, 0.6) is 5.75 Å². The molecule has 3 heterocycles. The normalized spacial score (nSPS) is 12.2. The van der Waals surface area contributed by atoms with Gasteiger partial charge in [0.15, 0.2) is 0 Å². The van der Waals surface area contributed by atoms with E-state index in [-0.39, 0.29) is 5.43 Å². The fraction of sp³-hybridized carbons (Fsp3) is 0.0714. The molecule has 0 saturated heterocycles. The summed E-state index contributed by atoms with van der Waals surface area (Å²) >= 11 is 3.50. The summed E-state index contributed by atoms with van der Waals surface area (Å²) in [6.45, 7) is 2.38. The Labute approximate surface area is 198 Å². The topological polar surface area (TPSA) is 52.3 Å². The molecule has 1 aliphatic rings. The average molecular weight is 496 g/mol. The predicted octanol–water partition coefficient (Wildman–Crippen LogP) is 7.15. The van der Waals surface area contributed by atoms with Crippen molar-refractivity contribution in [2.24, 2.45) is 0 Å². The average Bonchev–Trinajstić information content (AvgIpc) is 2.84. The maximum atomic E-state index is 13.5. The smallest absolute Gasteiger partial charge is 0.200 e. The number of rotatable bonds is 2. The van der Waals surface area contributed by atoms with Gasteiger partial charge < -0.3 is 9.15 Å². The number of ether oxygens (including phenoxy) is 1. The molecule has 160 valence electrons. The Hall–Kier alpha value is -3.70. The van der Waals surface area contributed by atoms with Gasteiger partial charge in [-0.3, -0.25) is 4.79 Å². The number of fused-ring (bicyclic) bond motifs is 4. The van der Waals surface area contributed by atoms with Gasteiger partial charge in [-0.05, 0) is 55.0 Å². The second-order valence-electron chi connectivity index (χ2n) is 8.15. The molecule has 6 rings (SSSR count). The van der Waals surface area contributed by atoms with Gasteiger partial charge in [0.25, 0.3) is 0 Å². The van der Waals surface area contributed by atoms with Crippen LogP contribution in [0.15, 0.2) is 92.7 Å². The molecule has 0 spiro atoms. The fourth-order valence-electron chi connectivity index (χ4n) is 4.32. The Morgan fingerprint density at radius 2 is 1.73 bits per heavy atom. The largest absolute Gasteiger partial charge is 0.488 e. The third-order valence-corrected chi connectivity index (χ3v) is 6.53. The molecule has 1 aliphatic heterocycles. The lowest BCUT2D eigenvalue weighted by atomic mass is 9.92. The molecule has 0 saturated carbocycles. The molecule has 33 heavy (non-hydrogen) atoms. The van der Waals surface area contributed by atoms with E-state index in [2.05, 4.69) is 22.0 Å². The highest BCUT2D eigenvalue weighted by Gasteiger charge is 2.25. The predicted molar refractivity (Wildman–Crippen MR) is 133 cm³/mol. The van der Waals surface area contributed by atoms with Gasteiger partial charge in [-0.15, -0.1) is 0 Å². The molecule has 2 aromatic heterocycles. The first-order valence-electron chi connectivity index (χ1n) is 10.6. The van der Waals surface area contributed by atoms with E-state index in [0.29, 0.717) is 23.1 Å².